The molecule has 0 aliphatic carbocycles. The average Bonchev–Trinajstić information content (AvgIpc) is 3.24. The van der Waals surface area contributed by atoms with Gasteiger partial charge in [-0.05, 0) is 53.7 Å². The Morgan fingerprint density at radius 3 is 2.42 bits per heavy atom. The fourth-order valence-corrected chi connectivity index (χ4v) is 3.41. The minimum Gasteiger partial charge on any atom is -0.491 e. The number of carbonyl (C=O) groups is 1. The molecular weight excluding hydrogens is 422 g/mol. The van der Waals surface area contributed by atoms with E-state index in [2.05, 4.69) is 20.8 Å². The molecule has 1 N–H and O–H groups in total. The van der Waals surface area contributed by atoms with E-state index < -0.39 is 21.3 Å². The van der Waals surface area contributed by atoms with Gasteiger partial charge in [-0.15, -0.1) is 5.10 Å². The summed E-state index contributed by atoms with van der Waals surface area (Å²) in [6.07, 6.45) is 1.14. The van der Waals surface area contributed by atoms with Gasteiger partial charge < -0.3 is 9.47 Å². The molecule has 0 aliphatic heterocycles. The summed E-state index contributed by atoms with van der Waals surface area (Å²) in [5, 5.41) is 14.7. The summed E-state index contributed by atoms with van der Waals surface area (Å²) in [5.74, 6) is 0.539. The Morgan fingerprint density at radius 2 is 1.81 bits per heavy atom. The predicted molar refractivity (Wildman–Crippen MR) is 111 cm³/mol. The Bertz CT molecular complexity index is 1130. The van der Waals surface area contributed by atoms with Crippen molar-refractivity contribution >= 4 is 15.8 Å². The predicted octanol–water partition coefficient (Wildman–Crippen LogP) is 1.17. The highest BCUT2D eigenvalue weighted by Crippen LogP contribution is 2.16. The molecule has 0 aliphatic rings. The van der Waals surface area contributed by atoms with Gasteiger partial charge in [0.25, 0.3) is 0 Å². The van der Waals surface area contributed by atoms with Crippen LogP contribution >= 0.6 is 0 Å². The smallest absolute Gasteiger partial charge is 0.329 e. The first-order chi connectivity index (χ1) is 14.7. The Labute approximate surface area is 180 Å². The lowest BCUT2D eigenvalue weighted by atomic mass is 10.0. The highest BCUT2D eigenvalue weighted by atomic mass is 32.2. The number of ether oxygens (including phenoxy) is 2. The van der Waals surface area contributed by atoms with Crippen molar-refractivity contribution in [1.29, 1.82) is 0 Å². The lowest BCUT2D eigenvalue weighted by Crippen LogP contribution is -2.54. The van der Waals surface area contributed by atoms with Gasteiger partial charge >= 0.3 is 5.97 Å². The zero-order chi connectivity index (χ0) is 22.5. The maximum absolute atomic E-state index is 12.4. The minimum absolute atomic E-state index is 0.0221. The summed E-state index contributed by atoms with van der Waals surface area (Å²) < 4.78 is 35.4. The van der Waals surface area contributed by atoms with Crippen molar-refractivity contribution in [2.75, 3.05) is 20.0 Å². The molecule has 0 saturated heterocycles. The monoisotopic (exact) mass is 445 g/mol. The van der Waals surface area contributed by atoms with E-state index in [1.54, 1.807) is 31.2 Å². The maximum atomic E-state index is 12.4. The molecule has 1 atom stereocenters. The van der Waals surface area contributed by atoms with Crippen molar-refractivity contribution in [2.45, 2.75) is 23.9 Å². The average molecular weight is 446 g/mol. The van der Waals surface area contributed by atoms with Crippen molar-refractivity contribution in [3.05, 3.63) is 60.4 Å². The number of para-hydroxylation sites is 1. The number of nitrogens with one attached hydrogen (secondary N) is 1. The highest BCUT2D eigenvalue weighted by molar-refractivity contribution is 7.90. The van der Waals surface area contributed by atoms with Crippen LogP contribution in [0.2, 0.25) is 0 Å². The number of aromatic nitrogens is 4. The molecule has 0 amide bonds. The van der Waals surface area contributed by atoms with Crippen LogP contribution in [0.5, 0.6) is 5.75 Å². The Kier molecular flexibility index (Phi) is 6.66. The maximum Gasteiger partial charge on any atom is 0.329 e. The quantitative estimate of drug-likeness (QED) is 0.483. The molecule has 164 valence electrons. The van der Waals surface area contributed by atoms with E-state index in [4.69, 9.17) is 9.47 Å². The largest absolute Gasteiger partial charge is 0.491 e. The third-order valence-corrected chi connectivity index (χ3v) is 5.72. The van der Waals surface area contributed by atoms with Crippen molar-refractivity contribution in [1.82, 2.24) is 25.5 Å². The van der Waals surface area contributed by atoms with E-state index in [1.165, 1.54) is 23.9 Å². The number of rotatable bonds is 9. The van der Waals surface area contributed by atoms with Crippen LogP contribution in [0.25, 0.3) is 5.69 Å². The molecule has 0 saturated carbocycles. The number of carbonyl (C=O) groups excluding carboxylic acids is 1. The minimum atomic E-state index is -3.31. The van der Waals surface area contributed by atoms with E-state index in [0.717, 1.165) is 6.26 Å². The lowest BCUT2D eigenvalue weighted by Gasteiger charge is -2.27. The molecule has 3 aromatic rings. The molecule has 0 radical (unpaired) electrons. The van der Waals surface area contributed by atoms with E-state index in [9.17, 15) is 13.2 Å². The third kappa shape index (κ3) is 5.44. The second-order valence-electron chi connectivity index (χ2n) is 7.05. The molecule has 10 nitrogen and oxygen atoms in total. The SMILES string of the molecule is COC(=O)C(C)(COc1ccccc1)NCc1nnnn1-c1ccc(S(C)(=O)=O)cc1. The summed E-state index contributed by atoms with van der Waals surface area (Å²) in [5.41, 5.74) is -0.587. The van der Waals surface area contributed by atoms with Crippen LogP contribution < -0.4 is 10.1 Å². The number of benzene rings is 2. The van der Waals surface area contributed by atoms with Gasteiger partial charge in [-0.3, -0.25) is 5.32 Å². The van der Waals surface area contributed by atoms with Gasteiger partial charge in [-0.2, -0.15) is 4.68 Å². The Hall–Kier alpha value is -3.31. The summed E-state index contributed by atoms with van der Waals surface area (Å²) in [4.78, 5) is 12.6. The third-order valence-electron chi connectivity index (χ3n) is 4.59. The molecule has 0 bridgehead atoms. The van der Waals surface area contributed by atoms with Crippen molar-refractivity contribution in [3.8, 4) is 11.4 Å². The van der Waals surface area contributed by atoms with Crippen molar-refractivity contribution in [2.24, 2.45) is 0 Å². The topological polar surface area (TPSA) is 125 Å². The zero-order valence-corrected chi connectivity index (χ0v) is 18.2. The van der Waals surface area contributed by atoms with Crippen LogP contribution in [-0.4, -0.2) is 60.1 Å². The number of tetrazole rings is 1. The summed E-state index contributed by atoms with van der Waals surface area (Å²) in [6, 6.07) is 15.3. The van der Waals surface area contributed by atoms with E-state index in [1.807, 2.05) is 18.2 Å². The normalized spacial score (nSPS) is 13.4. The summed E-state index contributed by atoms with van der Waals surface area (Å²) in [6.45, 7) is 1.82. The molecule has 11 heteroatoms. The second-order valence-corrected chi connectivity index (χ2v) is 9.07. The first kappa shape index (κ1) is 22.4. The molecule has 3 rings (SSSR count). The lowest BCUT2D eigenvalue weighted by molar-refractivity contribution is -0.149. The molecular formula is C20H23N5O5S. The van der Waals surface area contributed by atoms with Crippen molar-refractivity contribution in [3.63, 3.8) is 0 Å². The molecule has 1 aromatic heterocycles. The molecule has 1 heterocycles. The van der Waals surface area contributed by atoms with Crippen LogP contribution in [0, 0.1) is 0 Å². The number of hydrogen-bond donors (Lipinski definition) is 1. The Balaban J connectivity index is 1.75. The molecule has 0 spiro atoms. The highest BCUT2D eigenvalue weighted by Gasteiger charge is 2.35. The van der Waals surface area contributed by atoms with Gasteiger partial charge in [0, 0.05) is 6.26 Å². The first-order valence-electron chi connectivity index (χ1n) is 9.32. The van der Waals surface area contributed by atoms with Gasteiger partial charge in [0.2, 0.25) is 0 Å². The van der Waals surface area contributed by atoms with Gasteiger partial charge in [-0.1, -0.05) is 18.2 Å². The first-order valence-corrected chi connectivity index (χ1v) is 11.2. The van der Waals surface area contributed by atoms with Gasteiger partial charge in [-0.25, -0.2) is 13.2 Å². The van der Waals surface area contributed by atoms with Crippen LogP contribution in [0.4, 0.5) is 0 Å². The standard InChI is InChI=1S/C20H23N5O5S/c1-20(19(26)29-2,14-30-16-7-5-4-6-8-16)21-13-18-22-23-24-25(18)15-9-11-17(12-10-15)31(3,27)28/h4-12,21H,13-14H2,1-3H3. The number of hydrogen-bond acceptors (Lipinski definition) is 9. The van der Waals surface area contributed by atoms with Crippen LogP contribution in [0.3, 0.4) is 0 Å². The number of nitrogens with zero attached hydrogens (tertiary/aromatic N) is 4. The zero-order valence-electron chi connectivity index (χ0n) is 17.3. The number of esters is 1. The molecule has 31 heavy (non-hydrogen) atoms. The molecule has 2 aromatic carbocycles. The van der Waals surface area contributed by atoms with Gasteiger partial charge in [0.1, 0.15) is 17.9 Å². The van der Waals surface area contributed by atoms with Crippen LogP contribution in [0.1, 0.15) is 12.7 Å². The van der Waals surface area contributed by atoms with E-state index in [0.29, 0.717) is 17.3 Å². The molecule has 0 fully saturated rings. The van der Waals surface area contributed by atoms with Crippen molar-refractivity contribution < 1.29 is 22.7 Å². The van der Waals surface area contributed by atoms with Crippen LogP contribution in [-0.2, 0) is 25.9 Å². The second kappa shape index (κ2) is 9.23. The van der Waals surface area contributed by atoms with Gasteiger partial charge in [0.15, 0.2) is 15.7 Å². The van der Waals surface area contributed by atoms with Crippen LogP contribution in [0.15, 0.2) is 59.5 Å². The summed E-state index contributed by atoms with van der Waals surface area (Å²) in [7, 11) is -2.00. The number of methoxy groups -OCH3 is 1. The summed E-state index contributed by atoms with van der Waals surface area (Å²) >= 11 is 0. The van der Waals surface area contributed by atoms with E-state index in [-0.39, 0.29) is 18.0 Å². The van der Waals surface area contributed by atoms with Gasteiger partial charge in [0.05, 0.1) is 24.2 Å². The fraction of sp³-hybridized carbons (Fsp3) is 0.300. The Morgan fingerprint density at radius 1 is 1.13 bits per heavy atom. The number of sulfone groups is 1. The molecule has 1 unspecified atom stereocenters. The van der Waals surface area contributed by atoms with E-state index >= 15 is 0 Å². The fourth-order valence-electron chi connectivity index (χ4n) is 2.78.